The lowest BCUT2D eigenvalue weighted by Crippen LogP contribution is -2.44. The smallest absolute Gasteiger partial charge is 0.319 e. The molecular weight excluding hydrogens is 357 g/mol. The third kappa shape index (κ3) is 5.17. The van der Waals surface area contributed by atoms with Crippen LogP contribution in [0.3, 0.4) is 0 Å². The summed E-state index contributed by atoms with van der Waals surface area (Å²) in [5.41, 5.74) is 1.58. The molecule has 1 fully saturated rings. The number of anilines is 1. The molecule has 0 saturated carbocycles. The summed E-state index contributed by atoms with van der Waals surface area (Å²) in [5, 5.41) is 6.21. The van der Waals surface area contributed by atoms with Crippen LogP contribution in [0.5, 0.6) is 0 Å². The van der Waals surface area contributed by atoms with Gasteiger partial charge in [0, 0.05) is 30.3 Å². The molecule has 2 N–H and O–H groups in total. The third-order valence-corrected chi connectivity index (χ3v) is 4.51. The maximum absolute atomic E-state index is 13.3. The number of morpholine rings is 1. The summed E-state index contributed by atoms with van der Waals surface area (Å²) >= 11 is 5.93. The molecule has 7 heteroatoms. The molecule has 1 aliphatic heterocycles. The standard InChI is InChI=1S/C19H21ClFN3O2/c20-15-2-1-3-17(12-15)23-19(25)22-13-18(24-8-10-26-11-9-24)14-4-6-16(21)7-5-14/h1-7,12,18H,8-11,13H2,(H2,22,23,25)/t18-/m0/s1. The summed E-state index contributed by atoms with van der Waals surface area (Å²) in [6, 6.07) is 13.0. The van der Waals surface area contributed by atoms with Crippen LogP contribution in [0.2, 0.25) is 5.02 Å². The van der Waals surface area contributed by atoms with Crippen molar-refractivity contribution >= 4 is 23.3 Å². The SMILES string of the molecule is O=C(NC[C@@H](c1ccc(F)cc1)N1CCOCC1)Nc1cccc(Cl)c1. The normalized spacial score (nSPS) is 16.1. The number of hydrogen-bond acceptors (Lipinski definition) is 3. The van der Waals surface area contributed by atoms with E-state index < -0.39 is 0 Å². The molecule has 5 nitrogen and oxygen atoms in total. The third-order valence-electron chi connectivity index (χ3n) is 4.28. The van der Waals surface area contributed by atoms with Gasteiger partial charge in [0.05, 0.1) is 19.3 Å². The first-order chi connectivity index (χ1) is 12.6. The van der Waals surface area contributed by atoms with Crippen molar-refractivity contribution in [1.29, 1.82) is 0 Å². The second-order valence-corrected chi connectivity index (χ2v) is 6.50. The zero-order valence-corrected chi connectivity index (χ0v) is 15.0. The number of nitrogens with one attached hydrogen (secondary N) is 2. The summed E-state index contributed by atoms with van der Waals surface area (Å²) < 4.78 is 18.7. The largest absolute Gasteiger partial charge is 0.379 e. The van der Waals surface area contributed by atoms with Gasteiger partial charge in [0.25, 0.3) is 0 Å². The Morgan fingerprint density at radius 2 is 1.92 bits per heavy atom. The Balaban J connectivity index is 1.65. The van der Waals surface area contributed by atoms with Crippen LogP contribution < -0.4 is 10.6 Å². The molecule has 0 bridgehead atoms. The quantitative estimate of drug-likeness (QED) is 0.835. The molecule has 0 aliphatic carbocycles. The highest BCUT2D eigenvalue weighted by molar-refractivity contribution is 6.30. The summed E-state index contributed by atoms with van der Waals surface area (Å²) in [7, 11) is 0. The van der Waals surface area contributed by atoms with Gasteiger partial charge in [-0.25, -0.2) is 9.18 Å². The topological polar surface area (TPSA) is 53.6 Å². The Kier molecular flexibility index (Phi) is 6.44. The molecule has 1 heterocycles. The fourth-order valence-corrected chi connectivity index (χ4v) is 3.15. The predicted molar refractivity (Wildman–Crippen MR) is 100 cm³/mol. The van der Waals surface area contributed by atoms with Gasteiger partial charge in [-0.05, 0) is 35.9 Å². The summed E-state index contributed by atoms with van der Waals surface area (Å²) in [4.78, 5) is 14.5. The fraction of sp³-hybridized carbons (Fsp3) is 0.316. The van der Waals surface area contributed by atoms with Crippen molar-refractivity contribution in [1.82, 2.24) is 10.2 Å². The molecule has 0 spiro atoms. The first kappa shape index (κ1) is 18.6. The van der Waals surface area contributed by atoms with Crippen LogP contribution in [-0.2, 0) is 4.74 Å². The lowest BCUT2D eigenvalue weighted by atomic mass is 10.0. The number of carbonyl (C=O) groups excluding carboxylic acids is 1. The number of benzene rings is 2. The average Bonchev–Trinajstić information content (AvgIpc) is 2.64. The summed E-state index contributed by atoms with van der Waals surface area (Å²) in [5.74, 6) is -0.277. The Hall–Kier alpha value is -2.15. The predicted octanol–water partition coefficient (Wildman–Crippen LogP) is 3.67. The lowest BCUT2D eigenvalue weighted by molar-refractivity contribution is 0.0167. The molecule has 0 aromatic heterocycles. The average molecular weight is 378 g/mol. The number of hydrogen-bond donors (Lipinski definition) is 2. The minimum atomic E-state index is -0.312. The van der Waals surface area contributed by atoms with Gasteiger partial charge in [0.15, 0.2) is 0 Å². The minimum absolute atomic E-state index is 0.0513. The van der Waals surface area contributed by atoms with Gasteiger partial charge in [-0.3, -0.25) is 4.90 Å². The molecule has 1 aliphatic rings. The second kappa shape index (κ2) is 8.98. The Morgan fingerprint density at radius 1 is 1.19 bits per heavy atom. The molecule has 2 aromatic carbocycles. The minimum Gasteiger partial charge on any atom is -0.379 e. The van der Waals surface area contributed by atoms with Crippen molar-refractivity contribution < 1.29 is 13.9 Å². The van der Waals surface area contributed by atoms with E-state index >= 15 is 0 Å². The van der Waals surface area contributed by atoms with Gasteiger partial charge in [-0.15, -0.1) is 0 Å². The molecule has 138 valence electrons. The van der Waals surface area contributed by atoms with Crippen LogP contribution in [0.4, 0.5) is 14.9 Å². The number of nitrogens with zero attached hydrogens (tertiary/aromatic N) is 1. The van der Waals surface area contributed by atoms with Crippen molar-refractivity contribution in [2.75, 3.05) is 38.2 Å². The first-order valence-corrected chi connectivity index (χ1v) is 8.87. The Morgan fingerprint density at radius 3 is 2.62 bits per heavy atom. The van der Waals surface area contributed by atoms with Crippen LogP contribution in [0.1, 0.15) is 11.6 Å². The molecule has 26 heavy (non-hydrogen) atoms. The van der Waals surface area contributed by atoms with Gasteiger partial charge < -0.3 is 15.4 Å². The van der Waals surface area contributed by atoms with Gasteiger partial charge in [0.2, 0.25) is 0 Å². The van der Waals surface area contributed by atoms with Crippen molar-refractivity contribution in [2.24, 2.45) is 0 Å². The zero-order chi connectivity index (χ0) is 18.4. The molecule has 2 aromatic rings. The fourth-order valence-electron chi connectivity index (χ4n) is 2.96. The monoisotopic (exact) mass is 377 g/mol. The summed E-state index contributed by atoms with van der Waals surface area (Å²) in [6.07, 6.45) is 0. The molecule has 1 atom stereocenters. The van der Waals surface area contributed by atoms with Crippen molar-refractivity contribution in [2.45, 2.75) is 6.04 Å². The first-order valence-electron chi connectivity index (χ1n) is 8.49. The molecular formula is C19H21ClFN3O2. The molecule has 0 radical (unpaired) electrons. The zero-order valence-electron chi connectivity index (χ0n) is 14.3. The molecule has 1 saturated heterocycles. The number of rotatable bonds is 5. The van der Waals surface area contributed by atoms with E-state index in [0.717, 1.165) is 18.7 Å². The van der Waals surface area contributed by atoms with Gasteiger partial charge >= 0.3 is 6.03 Å². The van der Waals surface area contributed by atoms with Crippen LogP contribution >= 0.6 is 11.6 Å². The van der Waals surface area contributed by atoms with E-state index in [1.807, 2.05) is 0 Å². The maximum atomic E-state index is 13.3. The Labute approximate surface area is 157 Å². The van der Waals surface area contributed by atoms with Crippen molar-refractivity contribution in [3.8, 4) is 0 Å². The van der Waals surface area contributed by atoms with E-state index in [1.165, 1.54) is 12.1 Å². The number of urea groups is 1. The van der Waals surface area contributed by atoms with Gasteiger partial charge in [-0.1, -0.05) is 29.8 Å². The molecule has 0 unspecified atom stereocenters. The highest BCUT2D eigenvalue weighted by atomic mass is 35.5. The van der Waals surface area contributed by atoms with Crippen LogP contribution in [-0.4, -0.2) is 43.8 Å². The van der Waals surface area contributed by atoms with Crippen LogP contribution in [0, 0.1) is 5.82 Å². The van der Waals surface area contributed by atoms with Crippen molar-refractivity contribution in [3.63, 3.8) is 0 Å². The van der Waals surface area contributed by atoms with E-state index in [2.05, 4.69) is 15.5 Å². The van der Waals surface area contributed by atoms with E-state index in [1.54, 1.807) is 36.4 Å². The number of amides is 2. The maximum Gasteiger partial charge on any atom is 0.319 e. The highest BCUT2D eigenvalue weighted by Crippen LogP contribution is 2.22. The lowest BCUT2D eigenvalue weighted by Gasteiger charge is -2.35. The van der Waals surface area contributed by atoms with E-state index in [4.69, 9.17) is 16.3 Å². The van der Waals surface area contributed by atoms with Crippen LogP contribution in [0.25, 0.3) is 0 Å². The highest BCUT2D eigenvalue weighted by Gasteiger charge is 2.23. The number of ether oxygens (including phenoxy) is 1. The summed E-state index contributed by atoms with van der Waals surface area (Å²) in [6.45, 7) is 3.22. The van der Waals surface area contributed by atoms with Crippen LogP contribution in [0.15, 0.2) is 48.5 Å². The Bertz CT molecular complexity index is 736. The molecule has 2 amide bonds. The van der Waals surface area contributed by atoms with Gasteiger partial charge in [0.1, 0.15) is 5.82 Å². The van der Waals surface area contributed by atoms with Gasteiger partial charge in [-0.2, -0.15) is 0 Å². The second-order valence-electron chi connectivity index (χ2n) is 6.06. The van der Waals surface area contributed by atoms with Crippen molar-refractivity contribution in [3.05, 3.63) is 64.9 Å². The van der Waals surface area contributed by atoms with E-state index in [9.17, 15) is 9.18 Å². The van der Waals surface area contributed by atoms with E-state index in [-0.39, 0.29) is 17.9 Å². The molecule has 3 rings (SSSR count). The number of halogens is 2. The number of carbonyl (C=O) groups is 1. The van der Waals surface area contributed by atoms with E-state index in [0.29, 0.717) is 30.5 Å².